The van der Waals surface area contributed by atoms with Gasteiger partial charge in [-0.15, -0.1) is 12.4 Å². The van der Waals surface area contributed by atoms with Crippen LogP contribution in [0, 0.1) is 5.92 Å². The lowest BCUT2D eigenvalue weighted by atomic mass is 9.97. The van der Waals surface area contributed by atoms with Gasteiger partial charge in [-0.05, 0) is 26.2 Å². The molecule has 2 N–H and O–H groups in total. The van der Waals surface area contributed by atoms with Gasteiger partial charge in [0.25, 0.3) is 5.91 Å². The summed E-state index contributed by atoms with van der Waals surface area (Å²) in [6, 6.07) is 0.0701. The smallest absolute Gasteiger partial charge is 0.304 e. The minimum atomic E-state index is -0.842. The van der Waals surface area contributed by atoms with Crippen molar-refractivity contribution in [3.05, 3.63) is 0 Å². The van der Waals surface area contributed by atoms with Crippen molar-refractivity contribution >= 4 is 24.3 Å². The van der Waals surface area contributed by atoms with E-state index in [4.69, 9.17) is 9.84 Å². The fraction of sp³-hybridized carbons (Fsp3) is 0.867. The zero-order valence-electron chi connectivity index (χ0n) is 13.9. The number of nitrogens with one attached hydrogen (secondary N) is 1. The summed E-state index contributed by atoms with van der Waals surface area (Å²) >= 11 is 0. The molecule has 1 saturated heterocycles. The van der Waals surface area contributed by atoms with Gasteiger partial charge in [-0.2, -0.15) is 0 Å². The second-order valence-corrected chi connectivity index (χ2v) is 6.25. The number of carbonyl (C=O) groups is 2. The molecule has 0 saturated carbocycles. The topological polar surface area (TPSA) is 78.9 Å². The zero-order valence-corrected chi connectivity index (χ0v) is 14.7. The third kappa shape index (κ3) is 6.10. The lowest BCUT2D eigenvalue weighted by molar-refractivity contribution is -0.140. The van der Waals surface area contributed by atoms with E-state index in [2.05, 4.69) is 17.1 Å². The lowest BCUT2D eigenvalue weighted by Gasteiger charge is -2.26. The Morgan fingerprint density at radius 2 is 2.00 bits per heavy atom. The van der Waals surface area contributed by atoms with Crippen molar-refractivity contribution in [3.8, 4) is 0 Å². The van der Waals surface area contributed by atoms with Crippen molar-refractivity contribution < 1.29 is 19.4 Å². The molecule has 0 aromatic rings. The highest BCUT2D eigenvalue weighted by Crippen LogP contribution is 2.23. The zero-order chi connectivity index (χ0) is 16.0. The van der Waals surface area contributed by atoms with Crippen LogP contribution in [-0.2, 0) is 14.3 Å². The van der Waals surface area contributed by atoms with Crippen molar-refractivity contribution in [2.24, 2.45) is 5.92 Å². The Kier molecular flexibility index (Phi) is 8.96. The van der Waals surface area contributed by atoms with Crippen LogP contribution in [0.1, 0.15) is 40.0 Å². The summed E-state index contributed by atoms with van der Waals surface area (Å²) in [5, 5.41) is 11.8. The van der Waals surface area contributed by atoms with E-state index in [9.17, 15) is 9.59 Å². The molecule has 1 fully saturated rings. The van der Waals surface area contributed by atoms with Crippen LogP contribution in [0.4, 0.5) is 0 Å². The van der Waals surface area contributed by atoms with E-state index in [0.29, 0.717) is 19.0 Å². The maximum absolute atomic E-state index is 12.2. The number of carboxylic acids is 1. The van der Waals surface area contributed by atoms with Gasteiger partial charge in [-0.3, -0.25) is 9.59 Å². The molecule has 0 radical (unpaired) electrons. The summed E-state index contributed by atoms with van der Waals surface area (Å²) in [6.07, 6.45) is 2.22. The monoisotopic (exact) mass is 336 g/mol. The summed E-state index contributed by atoms with van der Waals surface area (Å²) in [7, 11) is 1.52. The fourth-order valence-corrected chi connectivity index (χ4v) is 2.66. The molecule has 0 spiro atoms. The predicted octanol–water partition coefficient (Wildman–Crippen LogP) is 1.52. The average molecular weight is 337 g/mol. The highest BCUT2D eigenvalue weighted by molar-refractivity contribution is 5.85. The molecule has 0 aromatic heterocycles. The standard InChI is InChI=1S/C15H28N2O4.ClH/c1-5-6-11-9-17(8-7-13(18)19)10-12(11)16-14(20)15(2,3)21-4;/h11-12H,5-10H2,1-4H3,(H,16,20)(H,18,19);1H/t11-,12-;/m0./s1. The van der Waals surface area contributed by atoms with Crippen LogP contribution in [0.15, 0.2) is 0 Å². The number of ether oxygens (including phenoxy) is 1. The molecular weight excluding hydrogens is 308 g/mol. The van der Waals surface area contributed by atoms with Crippen LogP contribution in [-0.4, -0.2) is 60.3 Å². The molecule has 0 aliphatic carbocycles. The van der Waals surface area contributed by atoms with Gasteiger partial charge in [0, 0.05) is 32.8 Å². The Morgan fingerprint density at radius 3 is 2.50 bits per heavy atom. The molecule has 1 amide bonds. The number of nitrogens with zero attached hydrogens (tertiary/aromatic N) is 1. The number of likely N-dealkylation sites (tertiary alicyclic amines) is 1. The van der Waals surface area contributed by atoms with E-state index in [-0.39, 0.29) is 30.8 Å². The van der Waals surface area contributed by atoms with Crippen LogP contribution in [0.25, 0.3) is 0 Å². The third-order valence-corrected chi connectivity index (χ3v) is 4.19. The van der Waals surface area contributed by atoms with Gasteiger partial charge in [0.2, 0.25) is 0 Å². The number of hydrogen-bond donors (Lipinski definition) is 2. The molecule has 1 heterocycles. The van der Waals surface area contributed by atoms with E-state index >= 15 is 0 Å². The minimum absolute atomic E-state index is 0. The highest BCUT2D eigenvalue weighted by Gasteiger charge is 2.36. The van der Waals surface area contributed by atoms with Gasteiger partial charge < -0.3 is 20.1 Å². The van der Waals surface area contributed by atoms with Gasteiger partial charge in [0.05, 0.1) is 6.42 Å². The van der Waals surface area contributed by atoms with Gasteiger partial charge in [-0.25, -0.2) is 0 Å². The molecule has 0 bridgehead atoms. The Morgan fingerprint density at radius 1 is 1.36 bits per heavy atom. The van der Waals surface area contributed by atoms with E-state index in [0.717, 1.165) is 19.4 Å². The summed E-state index contributed by atoms with van der Waals surface area (Å²) in [5.74, 6) is -0.522. The van der Waals surface area contributed by atoms with Crippen molar-refractivity contribution in [3.63, 3.8) is 0 Å². The first-order chi connectivity index (χ1) is 9.80. The Bertz CT molecular complexity index is 377. The van der Waals surface area contributed by atoms with Gasteiger partial charge in [0.1, 0.15) is 5.60 Å². The number of carboxylic acid groups (broad SMARTS) is 1. The van der Waals surface area contributed by atoms with Crippen molar-refractivity contribution in [1.82, 2.24) is 10.2 Å². The Hall–Kier alpha value is -0.850. The third-order valence-electron chi connectivity index (χ3n) is 4.19. The lowest BCUT2D eigenvalue weighted by Crippen LogP contribution is -2.50. The summed E-state index contributed by atoms with van der Waals surface area (Å²) in [5.41, 5.74) is -0.842. The molecule has 1 aliphatic rings. The van der Waals surface area contributed by atoms with Crippen LogP contribution in [0.5, 0.6) is 0 Å². The van der Waals surface area contributed by atoms with E-state index in [1.54, 1.807) is 13.8 Å². The second-order valence-electron chi connectivity index (χ2n) is 6.25. The quantitative estimate of drug-likeness (QED) is 0.702. The number of aliphatic carboxylic acids is 1. The van der Waals surface area contributed by atoms with Gasteiger partial charge >= 0.3 is 5.97 Å². The highest BCUT2D eigenvalue weighted by atomic mass is 35.5. The molecule has 7 heteroatoms. The number of carbonyl (C=O) groups excluding carboxylic acids is 1. The van der Waals surface area contributed by atoms with Crippen LogP contribution in [0.3, 0.4) is 0 Å². The SMILES string of the molecule is CCC[C@H]1CN(CCC(=O)O)C[C@@H]1NC(=O)C(C)(C)OC.Cl. The molecule has 130 valence electrons. The molecule has 22 heavy (non-hydrogen) atoms. The first-order valence-corrected chi connectivity index (χ1v) is 7.60. The van der Waals surface area contributed by atoms with Crippen LogP contribution in [0.2, 0.25) is 0 Å². The molecular formula is C15H29ClN2O4. The van der Waals surface area contributed by atoms with E-state index in [1.807, 2.05) is 0 Å². The number of methoxy groups -OCH3 is 1. The number of halogens is 1. The fourth-order valence-electron chi connectivity index (χ4n) is 2.66. The molecule has 1 rings (SSSR count). The molecule has 6 nitrogen and oxygen atoms in total. The minimum Gasteiger partial charge on any atom is -0.481 e. The molecule has 2 atom stereocenters. The maximum atomic E-state index is 12.2. The van der Waals surface area contributed by atoms with Gasteiger partial charge in [0.15, 0.2) is 0 Å². The van der Waals surface area contributed by atoms with Crippen LogP contribution < -0.4 is 5.32 Å². The molecule has 0 unspecified atom stereocenters. The van der Waals surface area contributed by atoms with Crippen molar-refractivity contribution in [2.75, 3.05) is 26.7 Å². The Labute approximate surface area is 139 Å². The molecule has 0 aromatic carbocycles. The maximum Gasteiger partial charge on any atom is 0.304 e. The number of rotatable bonds is 8. The first-order valence-electron chi connectivity index (χ1n) is 7.60. The number of amides is 1. The van der Waals surface area contributed by atoms with Crippen molar-refractivity contribution in [1.29, 1.82) is 0 Å². The van der Waals surface area contributed by atoms with E-state index < -0.39 is 11.6 Å². The molecule has 1 aliphatic heterocycles. The van der Waals surface area contributed by atoms with Crippen molar-refractivity contribution in [2.45, 2.75) is 51.7 Å². The normalized spacial score (nSPS) is 22.2. The van der Waals surface area contributed by atoms with Crippen LogP contribution >= 0.6 is 12.4 Å². The first kappa shape index (κ1) is 21.1. The van der Waals surface area contributed by atoms with E-state index in [1.165, 1.54) is 7.11 Å². The Balaban J connectivity index is 0.00000441. The van der Waals surface area contributed by atoms with Gasteiger partial charge in [-0.1, -0.05) is 13.3 Å². The number of hydrogen-bond acceptors (Lipinski definition) is 4. The largest absolute Gasteiger partial charge is 0.481 e. The summed E-state index contributed by atoms with van der Waals surface area (Å²) in [6.45, 7) is 7.71. The summed E-state index contributed by atoms with van der Waals surface area (Å²) in [4.78, 5) is 25.0. The summed E-state index contributed by atoms with van der Waals surface area (Å²) < 4.78 is 5.21. The second kappa shape index (κ2) is 9.33. The predicted molar refractivity (Wildman–Crippen MR) is 87.4 cm³/mol. The average Bonchev–Trinajstić information content (AvgIpc) is 2.79.